The van der Waals surface area contributed by atoms with Gasteiger partial charge in [-0.2, -0.15) is 13.2 Å². The minimum Gasteiger partial charge on any atom is -0.490 e. The maximum absolute atomic E-state index is 12.8. The van der Waals surface area contributed by atoms with Crippen LogP contribution in [-0.2, 0) is 19.1 Å². The van der Waals surface area contributed by atoms with E-state index in [2.05, 4.69) is 34.1 Å². The molecule has 0 bridgehead atoms. The van der Waals surface area contributed by atoms with Gasteiger partial charge in [0.25, 0.3) is 0 Å². The number of imidazole rings is 1. The van der Waals surface area contributed by atoms with Gasteiger partial charge in [0.15, 0.2) is 6.10 Å². The van der Waals surface area contributed by atoms with E-state index in [1.807, 2.05) is 24.3 Å². The van der Waals surface area contributed by atoms with E-state index in [-0.39, 0.29) is 17.9 Å². The number of ether oxygens (including phenoxy) is 2. The van der Waals surface area contributed by atoms with E-state index >= 15 is 0 Å². The fourth-order valence-corrected chi connectivity index (χ4v) is 5.55. The number of piperidine rings is 1. The number of hydrogen-bond donors (Lipinski definition) is 0. The Morgan fingerprint density at radius 2 is 1.60 bits per heavy atom. The van der Waals surface area contributed by atoms with Crippen LogP contribution in [0.25, 0.3) is 11.1 Å². The Bertz CT molecular complexity index is 1510. The van der Waals surface area contributed by atoms with Crippen LogP contribution in [0.1, 0.15) is 24.0 Å². The molecule has 6 rings (SSSR count). The van der Waals surface area contributed by atoms with E-state index in [1.165, 1.54) is 23.9 Å². The molecule has 0 aliphatic carbocycles. The molecule has 0 N–H and O–H groups in total. The average Bonchev–Trinajstić information content (AvgIpc) is 3.57. The van der Waals surface area contributed by atoms with Crippen LogP contribution >= 0.6 is 0 Å². The molecule has 1 unspecified atom stereocenters. The van der Waals surface area contributed by atoms with Crippen LogP contribution in [0.15, 0.2) is 79.0 Å². The molecule has 2 aliphatic heterocycles. The summed E-state index contributed by atoms with van der Waals surface area (Å²) in [6, 6.07) is 21.6. The van der Waals surface area contributed by atoms with E-state index in [0.717, 1.165) is 67.0 Å². The molecule has 42 heavy (non-hydrogen) atoms. The fourth-order valence-electron chi connectivity index (χ4n) is 5.55. The Kier molecular flexibility index (Phi) is 7.49. The number of nitro groups is 1. The van der Waals surface area contributed by atoms with Crippen LogP contribution in [0.4, 0.5) is 24.7 Å². The Morgan fingerprint density at radius 1 is 0.952 bits per heavy atom. The largest absolute Gasteiger partial charge is 0.490 e. The van der Waals surface area contributed by atoms with Gasteiger partial charge in [0.1, 0.15) is 18.6 Å². The molecule has 0 radical (unpaired) electrons. The number of rotatable bonds is 8. The third-order valence-corrected chi connectivity index (χ3v) is 7.86. The molecule has 4 aromatic rings. The van der Waals surface area contributed by atoms with E-state index in [9.17, 15) is 23.3 Å². The van der Waals surface area contributed by atoms with Gasteiger partial charge in [-0.3, -0.25) is 4.57 Å². The first-order chi connectivity index (χ1) is 20.2. The van der Waals surface area contributed by atoms with Crippen molar-refractivity contribution in [2.45, 2.75) is 38.1 Å². The molecule has 11 heteroatoms. The van der Waals surface area contributed by atoms with Crippen LogP contribution in [0, 0.1) is 16.0 Å². The highest BCUT2D eigenvalue weighted by Gasteiger charge is 2.32. The van der Waals surface area contributed by atoms with Gasteiger partial charge in [0, 0.05) is 23.8 Å². The molecule has 1 fully saturated rings. The highest BCUT2D eigenvalue weighted by Crippen LogP contribution is 2.32. The Hall–Kier alpha value is -4.54. The molecular formula is C31H29F3N4O4. The Labute approximate surface area is 240 Å². The molecule has 0 spiro atoms. The zero-order valence-corrected chi connectivity index (χ0v) is 22.7. The van der Waals surface area contributed by atoms with Gasteiger partial charge in [0.2, 0.25) is 0 Å². The average molecular weight is 579 g/mol. The van der Waals surface area contributed by atoms with Crippen molar-refractivity contribution < 1.29 is 27.6 Å². The third-order valence-electron chi connectivity index (χ3n) is 7.86. The molecule has 1 atom stereocenters. The summed E-state index contributed by atoms with van der Waals surface area (Å²) in [6.07, 6.45) is -0.0891. The molecule has 3 aromatic carbocycles. The van der Waals surface area contributed by atoms with Crippen LogP contribution < -0.4 is 14.4 Å². The number of hydrogen-bond acceptors (Lipinski definition) is 6. The second-order valence-electron chi connectivity index (χ2n) is 10.7. The van der Waals surface area contributed by atoms with E-state index in [1.54, 1.807) is 4.57 Å². The van der Waals surface area contributed by atoms with E-state index < -0.39 is 16.7 Å². The van der Waals surface area contributed by atoms with Gasteiger partial charge < -0.3 is 24.5 Å². The van der Waals surface area contributed by atoms with Gasteiger partial charge in [-0.05, 0) is 83.2 Å². The van der Waals surface area contributed by atoms with Crippen molar-refractivity contribution in [2.75, 3.05) is 24.6 Å². The summed E-state index contributed by atoms with van der Waals surface area (Å²) < 4.78 is 51.7. The maximum Gasteiger partial charge on any atom is 0.416 e. The van der Waals surface area contributed by atoms with Gasteiger partial charge >= 0.3 is 18.0 Å². The number of nitrogens with zero attached hydrogens (tertiary/aromatic N) is 4. The van der Waals surface area contributed by atoms with Crippen LogP contribution in [0.5, 0.6) is 11.8 Å². The van der Waals surface area contributed by atoms with Gasteiger partial charge in [-0.25, -0.2) is 0 Å². The first-order valence-corrected chi connectivity index (χ1v) is 13.8. The lowest BCUT2D eigenvalue weighted by Crippen LogP contribution is -2.34. The zero-order chi connectivity index (χ0) is 29.3. The van der Waals surface area contributed by atoms with Crippen molar-refractivity contribution in [3.05, 3.63) is 100 Å². The van der Waals surface area contributed by atoms with Gasteiger partial charge in [-0.1, -0.05) is 36.4 Å². The lowest BCUT2D eigenvalue weighted by molar-refractivity contribution is -0.389. The quantitative estimate of drug-likeness (QED) is 0.169. The first kappa shape index (κ1) is 27.6. The summed E-state index contributed by atoms with van der Waals surface area (Å²) in [5.74, 6) is 1.08. The molecular weight excluding hydrogens is 549 g/mol. The monoisotopic (exact) mass is 578 g/mol. The van der Waals surface area contributed by atoms with Crippen molar-refractivity contribution in [1.29, 1.82) is 0 Å². The minimum atomic E-state index is -4.33. The highest BCUT2D eigenvalue weighted by molar-refractivity contribution is 5.64. The van der Waals surface area contributed by atoms with Gasteiger partial charge in [0.05, 0.1) is 12.1 Å². The Balaban J connectivity index is 0.948. The lowest BCUT2D eigenvalue weighted by atomic mass is 9.89. The number of aromatic nitrogens is 2. The number of halogens is 3. The molecule has 1 aromatic heterocycles. The van der Waals surface area contributed by atoms with Crippen molar-refractivity contribution in [3.63, 3.8) is 0 Å². The minimum absolute atomic E-state index is 0.225. The van der Waals surface area contributed by atoms with Gasteiger partial charge in [-0.15, -0.1) is 0 Å². The zero-order valence-electron chi connectivity index (χ0n) is 22.7. The molecule has 2 aliphatic rings. The number of anilines is 1. The van der Waals surface area contributed by atoms with Crippen LogP contribution in [0.2, 0.25) is 0 Å². The molecule has 3 heterocycles. The summed E-state index contributed by atoms with van der Waals surface area (Å²) in [4.78, 5) is 16.5. The topological polar surface area (TPSA) is 82.7 Å². The molecule has 1 saturated heterocycles. The molecule has 0 amide bonds. The summed E-state index contributed by atoms with van der Waals surface area (Å²) in [5, 5.41) is 10.8. The SMILES string of the molecule is O=[N+]([O-])c1cn2c(n1)OC(COc1ccc(N3CCC(Cc4ccc(-c5ccc(C(F)(F)F)cc5)cc4)CC3)cc1)C2. The number of fused-ring (bicyclic) bond motifs is 1. The molecule has 218 valence electrons. The summed E-state index contributed by atoms with van der Waals surface area (Å²) in [6.45, 7) is 2.68. The van der Waals surface area contributed by atoms with E-state index in [0.29, 0.717) is 19.1 Å². The maximum atomic E-state index is 12.8. The van der Waals surface area contributed by atoms with Crippen LogP contribution in [-0.4, -0.2) is 40.3 Å². The number of alkyl halides is 3. The smallest absolute Gasteiger partial charge is 0.416 e. The first-order valence-electron chi connectivity index (χ1n) is 13.8. The standard InChI is InChI=1S/C31H29F3N4O4/c32-31(33,34)25-7-5-24(6-8-25)23-3-1-21(2-4-23)17-22-13-15-36(16-14-22)26-9-11-27(12-10-26)41-20-28-18-37-19-29(38(39)40)35-30(37)42-28/h1-12,19,22,28H,13-18,20H2. The third kappa shape index (κ3) is 6.19. The molecule has 8 nitrogen and oxygen atoms in total. The summed E-state index contributed by atoms with van der Waals surface area (Å²) in [7, 11) is 0. The second-order valence-corrected chi connectivity index (χ2v) is 10.7. The second kappa shape index (κ2) is 11.4. The number of benzene rings is 3. The van der Waals surface area contributed by atoms with Crippen molar-refractivity contribution in [2.24, 2.45) is 5.92 Å². The molecule has 0 saturated carbocycles. The summed E-state index contributed by atoms with van der Waals surface area (Å²) in [5.41, 5.74) is 3.42. The predicted octanol–water partition coefficient (Wildman–Crippen LogP) is 6.78. The lowest BCUT2D eigenvalue weighted by Gasteiger charge is -2.33. The summed E-state index contributed by atoms with van der Waals surface area (Å²) >= 11 is 0. The highest BCUT2D eigenvalue weighted by atomic mass is 19.4. The van der Waals surface area contributed by atoms with Crippen LogP contribution in [0.3, 0.4) is 0 Å². The van der Waals surface area contributed by atoms with Crippen molar-refractivity contribution in [3.8, 4) is 22.9 Å². The fraction of sp³-hybridized carbons (Fsp3) is 0.323. The Morgan fingerprint density at radius 3 is 2.19 bits per heavy atom. The van der Waals surface area contributed by atoms with Crippen molar-refractivity contribution in [1.82, 2.24) is 9.55 Å². The van der Waals surface area contributed by atoms with Crippen molar-refractivity contribution >= 4 is 11.5 Å². The van der Waals surface area contributed by atoms with E-state index in [4.69, 9.17) is 9.47 Å². The normalized spacial score (nSPS) is 17.1. The predicted molar refractivity (Wildman–Crippen MR) is 151 cm³/mol.